The first-order valence-corrected chi connectivity index (χ1v) is 10.7. The third-order valence-electron chi connectivity index (χ3n) is 4.59. The van der Waals surface area contributed by atoms with Crippen LogP contribution >= 0.6 is 0 Å². The number of hydrogen-bond acceptors (Lipinski definition) is 4. The van der Waals surface area contributed by atoms with E-state index in [0.29, 0.717) is 16.8 Å². The summed E-state index contributed by atoms with van der Waals surface area (Å²) in [6.45, 7) is 5.49. The van der Waals surface area contributed by atoms with Crippen molar-refractivity contribution in [3.05, 3.63) is 89.2 Å². The minimum Gasteiger partial charge on any atom is -0.346 e. The number of pyridine rings is 1. The number of amides is 1. The van der Waals surface area contributed by atoms with Crippen LogP contribution in [0, 0.1) is 13.8 Å². The fourth-order valence-electron chi connectivity index (χ4n) is 2.91. The maximum atomic E-state index is 12.7. The molecule has 1 atom stereocenters. The number of benzene rings is 2. The van der Waals surface area contributed by atoms with Gasteiger partial charge in [-0.15, -0.1) is 0 Å². The first kappa shape index (κ1) is 20.5. The molecule has 7 heteroatoms. The molecule has 3 rings (SSSR count). The highest BCUT2D eigenvalue weighted by atomic mass is 32.2. The molecular weight excluding hydrogens is 386 g/mol. The Morgan fingerprint density at radius 1 is 0.966 bits per heavy atom. The quantitative estimate of drug-likeness (QED) is 0.644. The number of hydrogen-bond donors (Lipinski definition) is 2. The van der Waals surface area contributed by atoms with E-state index >= 15 is 0 Å². The van der Waals surface area contributed by atoms with Crippen molar-refractivity contribution in [2.75, 3.05) is 4.72 Å². The second-order valence-corrected chi connectivity index (χ2v) is 8.58. The van der Waals surface area contributed by atoms with E-state index in [1.807, 2.05) is 32.0 Å². The van der Waals surface area contributed by atoms with Crippen molar-refractivity contribution in [3.8, 4) is 0 Å². The largest absolute Gasteiger partial charge is 0.346 e. The minimum atomic E-state index is -3.71. The van der Waals surface area contributed by atoms with Gasteiger partial charge in [0.1, 0.15) is 0 Å². The van der Waals surface area contributed by atoms with Gasteiger partial charge in [0.2, 0.25) is 0 Å². The number of sulfonamides is 1. The van der Waals surface area contributed by atoms with Crippen molar-refractivity contribution < 1.29 is 13.2 Å². The van der Waals surface area contributed by atoms with Crippen molar-refractivity contribution in [1.29, 1.82) is 0 Å². The van der Waals surface area contributed by atoms with Gasteiger partial charge in [-0.25, -0.2) is 8.42 Å². The molecule has 3 aromatic rings. The molecule has 150 valence electrons. The zero-order valence-corrected chi connectivity index (χ0v) is 17.3. The Labute approximate surface area is 171 Å². The number of carbonyl (C=O) groups is 1. The Morgan fingerprint density at radius 2 is 1.62 bits per heavy atom. The van der Waals surface area contributed by atoms with Crippen molar-refractivity contribution >= 4 is 21.6 Å². The van der Waals surface area contributed by atoms with E-state index in [2.05, 4.69) is 15.0 Å². The molecule has 1 amide bonds. The Hall–Kier alpha value is -3.19. The van der Waals surface area contributed by atoms with E-state index in [1.165, 1.54) is 0 Å². The van der Waals surface area contributed by atoms with Crippen LogP contribution in [-0.4, -0.2) is 19.3 Å². The predicted octanol–water partition coefficient (Wildman–Crippen LogP) is 3.99. The molecule has 0 spiro atoms. The van der Waals surface area contributed by atoms with E-state index < -0.39 is 10.0 Å². The summed E-state index contributed by atoms with van der Waals surface area (Å²) in [5.74, 6) is -0.238. The lowest BCUT2D eigenvalue weighted by molar-refractivity contribution is 0.0940. The Morgan fingerprint density at radius 3 is 2.28 bits per heavy atom. The lowest BCUT2D eigenvalue weighted by Gasteiger charge is -2.15. The second kappa shape index (κ2) is 8.45. The van der Waals surface area contributed by atoms with Crippen LogP contribution < -0.4 is 10.0 Å². The van der Waals surface area contributed by atoms with E-state index in [0.717, 1.165) is 11.1 Å². The van der Waals surface area contributed by atoms with E-state index in [4.69, 9.17) is 0 Å². The predicted molar refractivity (Wildman–Crippen MR) is 113 cm³/mol. The topological polar surface area (TPSA) is 88.2 Å². The molecule has 1 aromatic heterocycles. The number of nitrogens with one attached hydrogen (secondary N) is 2. The molecule has 0 aliphatic carbocycles. The van der Waals surface area contributed by atoms with Crippen LogP contribution in [0.25, 0.3) is 0 Å². The third kappa shape index (κ3) is 5.00. The summed E-state index contributed by atoms with van der Waals surface area (Å²) in [6.07, 6.45) is 3.35. The number of nitrogens with zero attached hydrogens (tertiary/aromatic N) is 1. The van der Waals surface area contributed by atoms with Gasteiger partial charge >= 0.3 is 0 Å². The number of rotatable bonds is 6. The van der Waals surface area contributed by atoms with Crippen LogP contribution in [0.5, 0.6) is 0 Å². The van der Waals surface area contributed by atoms with E-state index in [1.54, 1.807) is 55.7 Å². The Kier molecular flexibility index (Phi) is 5.98. The van der Waals surface area contributed by atoms with Crippen LogP contribution in [-0.2, 0) is 10.0 Å². The number of carbonyl (C=O) groups excluding carboxylic acids is 1. The molecule has 0 radical (unpaired) electrons. The first-order chi connectivity index (χ1) is 13.8. The highest BCUT2D eigenvalue weighted by Crippen LogP contribution is 2.21. The smallest absolute Gasteiger partial charge is 0.262 e. The molecule has 0 saturated carbocycles. The summed E-state index contributed by atoms with van der Waals surface area (Å²) in [5.41, 5.74) is 3.33. The SMILES string of the molecule is Cc1ccc(C)c(S(=O)(=O)Nc2ccc(C(=O)NC(C)c3ccncc3)cc2)c1. The van der Waals surface area contributed by atoms with Crippen molar-refractivity contribution in [2.45, 2.75) is 31.7 Å². The Bertz CT molecular complexity index is 1110. The van der Waals surface area contributed by atoms with Crippen LogP contribution in [0.15, 0.2) is 71.9 Å². The molecule has 1 heterocycles. The van der Waals surface area contributed by atoms with Crippen molar-refractivity contribution in [3.63, 3.8) is 0 Å². The number of aryl methyl sites for hydroxylation is 2. The molecule has 0 bridgehead atoms. The summed E-state index contributed by atoms with van der Waals surface area (Å²) in [5, 5.41) is 2.91. The summed E-state index contributed by atoms with van der Waals surface area (Å²) in [7, 11) is -3.71. The molecule has 0 aliphatic heterocycles. The first-order valence-electron chi connectivity index (χ1n) is 9.17. The normalized spacial score (nSPS) is 12.2. The van der Waals surface area contributed by atoms with Gasteiger partial charge in [-0.2, -0.15) is 0 Å². The second-order valence-electron chi connectivity index (χ2n) is 6.93. The number of anilines is 1. The van der Waals surface area contributed by atoms with Crippen LogP contribution in [0.4, 0.5) is 5.69 Å². The summed E-state index contributed by atoms with van der Waals surface area (Å²) >= 11 is 0. The van der Waals surface area contributed by atoms with Gasteiger partial charge in [0.05, 0.1) is 10.9 Å². The van der Waals surface area contributed by atoms with Gasteiger partial charge in [0, 0.05) is 23.6 Å². The molecule has 0 fully saturated rings. The molecule has 0 saturated heterocycles. The standard InChI is InChI=1S/C22H23N3O3S/c1-15-4-5-16(2)21(14-15)29(27,28)25-20-8-6-19(7-9-20)22(26)24-17(3)18-10-12-23-13-11-18/h4-14,17,25H,1-3H3,(H,24,26). The zero-order valence-electron chi connectivity index (χ0n) is 16.5. The highest BCUT2D eigenvalue weighted by Gasteiger charge is 2.18. The average molecular weight is 410 g/mol. The van der Waals surface area contributed by atoms with Gasteiger partial charge < -0.3 is 5.32 Å². The lowest BCUT2D eigenvalue weighted by Crippen LogP contribution is -2.26. The van der Waals surface area contributed by atoms with E-state index in [-0.39, 0.29) is 16.8 Å². The average Bonchev–Trinajstić information content (AvgIpc) is 2.70. The minimum absolute atomic E-state index is 0.173. The van der Waals surface area contributed by atoms with E-state index in [9.17, 15) is 13.2 Å². The summed E-state index contributed by atoms with van der Waals surface area (Å²) in [4.78, 5) is 16.7. The van der Waals surface area contributed by atoms with Gasteiger partial charge in [-0.05, 0) is 79.9 Å². The Balaban J connectivity index is 1.71. The van der Waals surface area contributed by atoms with Gasteiger partial charge in [-0.1, -0.05) is 12.1 Å². The molecule has 6 nitrogen and oxygen atoms in total. The van der Waals surface area contributed by atoms with Crippen molar-refractivity contribution in [1.82, 2.24) is 10.3 Å². The fourth-order valence-corrected chi connectivity index (χ4v) is 4.30. The van der Waals surface area contributed by atoms with Gasteiger partial charge in [0.25, 0.3) is 15.9 Å². The lowest BCUT2D eigenvalue weighted by atomic mass is 10.1. The summed E-state index contributed by atoms with van der Waals surface area (Å²) < 4.78 is 28.0. The fraction of sp³-hybridized carbons (Fsp3) is 0.182. The molecule has 2 aromatic carbocycles. The maximum absolute atomic E-state index is 12.7. The molecule has 2 N–H and O–H groups in total. The zero-order chi connectivity index (χ0) is 21.0. The third-order valence-corrected chi connectivity index (χ3v) is 6.11. The monoisotopic (exact) mass is 409 g/mol. The summed E-state index contributed by atoms with van der Waals surface area (Å²) in [6, 6.07) is 15.1. The molecule has 1 unspecified atom stereocenters. The van der Waals surface area contributed by atoms with Crippen LogP contribution in [0.3, 0.4) is 0 Å². The molecule has 0 aliphatic rings. The number of aromatic nitrogens is 1. The molecule has 29 heavy (non-hydrogen) atoms. The van der Waals surface area contributed by atoms with Crippen LogP contribution in [0.1, 0.15) is 40.0 Å². The maximum Gasteiger partial charge on any atom is 0.262 e. The highest BCUT2D eigenvalue weighted by molar-refractivity contribution is 7.92. The van der Waals surface area contributed by atoms with Crippen LogP contribution in [0.2, 0.25) is 0 Å². The molecular formula is C22H23N3O3S. The van der Waals surface area contributed by atoms with Crippen molar-refractivity contribution in [2.24, 2.45) is 0 Å². The van der Waals surface area contributed by atoms with Gasteiger partial charge in [0.15, 0.2) is 0 Å². The van der Waals surface area contributed by atoms with Gasteiger partial charge in [-0.3, -0.25) is 14.5 Å².